The van der Waals surface area contributed by atoms with Gasteiger partial charge in [0.2, 0.25) is 0 Å². The average molecular weight is 494 g/mol. The predicted octanol–water partition coefficient (Wildman–Crippen LogP) is 6.64. The maximum absolute atomic E-state index is 13.1. The van der Waals surface area contributed by atoms with Gasteiger partial charge in [-0.25, -0.2) is 0 Å². The van der Waals surface area contributed by atoms with Crippen molar-refractivity contribution in [2.75, 3.05) is 4.90 Å². The monoisotopic (exact) mass is 493 g/mol. The van der Waals surface area contributed by atoms with E-state index in [1.165, 1.54) is 28.3 Å². The molecule has 0 spiro atoms. The van der Waals surface area contributed by atoms with Gasteiger partial charge in [0.25, 0.3) is 16.8 Å². The summed E-state index contributed by atoms with van der Waals surface area (Å²) in [5.74, 6) is 0.0356. The molecule has 1 atom stereocenters. The number of hydrogen-bond acceptors (Lipinski definition) is 6. The Labute approximate surface area is 210 Å². The van der Waals surface area contributed by atoms with Gasteiger partial charge in [-0.15, -0.1) is 0 Å². The maximum Gasteiger partial charge on any atom is 0.293 e. The number of rotatable bonds is 5. The molecular formula is C27H31N3O4S. The summed E-state index contributed by atoms with van der Waals surface area (Å²) in [4.78, 5) is 40.2. The molecule has 0 radical (unpaired) electrons. The largest absolute Gasteiger partial charge is 0.364 e. The zero-order chi connectivity index (χ0) is 25.7. The molecule has 2 aromatic rings. The van der Waals surface area contributed by atoms with Crippen LogP contribution in [0.25, 0.3) is 6.08 Å². The van der Waals surface area contributed by atoms with Crippen LogP contribution in [0.15, 0.2) is 41.3 Å². The summed E-state index contributed by atoms with van der Waals surface area (Å²) in [6.07, 6.45) is 2.86. The van der Waals surface area contributed by atoms with E-state index in [1.807, 2.05) is 13.0 Å². The van der Waals surface area contributed by atoms with Crippen LogP contribution < -0.4 is 4.90 Å². The molecule has 2 heterocycles. The fraction of sp³-hybridized carbons (Fsp3) is 0.407. The lowest BCUT2D eigenvalue weighted by Crippen LogP contribution is -2.51. The van der Waals surface area contributed by atoms with Crippen LogP contribution in [0.4, 0.5) is 16.2 Å². The van der Waals surface area contributed by atoms with E-state index in [0.717, 1.165) is 29.3 Å². The molecule has 0 aromatic heterocycles. The number of carbonyl (C=O) groups excluding carboxylic acids is 2. The minimum absolute atomic E-state index is 0.0284. The topological polar surface area (TPSA) is 83.8 Å². The Bertz CT molecular complexity index is 1230. The Morgan fingerprint density at radius 1 is 1.20 bits per heavy atom. The summed E-state index contributed by atoms with van der Waals surface area (Å²) in [7, 11) is 0. The Morgan fingerprint density at radius 2 is 1.86 bits per heavy atom. The molecule has 2 aromatic carbocycles. The Morgan fingerprint density at radius 3 is 2.46 bits per heavy atom. The molecule has 2 aliphatic heterocycles. The van der Waals surface area contributed by atoms with E-state index in [4.69, 9.17) is 0 Å². The minimum atomic E-state index is -0.476. The Kier molecular flexibility index (Phi) is 6.53. The fourth-order valence-corrected chi connectivity index (χ4v) is 6.26. The van der Waals surface area contributed by atoms with Gasteiger partial charge < -0.3 is 4.90 Å². The molecule has 4 rings (SSSR count). The van der Waals surface area contributed by atoms with Crippen LogP contribution >= 0.6 is 11.8 Å². The summed E-state index contributed by atoms with van der Waals surface area (Å²) >= 11 is 0.936. The van der Waals surface area contributed by atoms with E-state index in [9.17, 15) is 19.7 Å². The standard InChI is InChI=1S/C27H31N3O4S/c1-16(2)29-23-11-17(3)20(12-22(23)18(4)14-27(29,5)6)13-24-25(31)28(26(32)35-24)15-19-7-9-21(10-8-19)30(33)34/h7-13,16,18H,14-15H2,1-6H3/b24-13-/t18-/m0/s1. The SMILES string of the molecule is Cc1cc2c(cc1/C=C1\SC(=O)N(Cc3ccc([N+](=O)[O-])cc3)C1=O)[C@@H](C)CC(C)(C)N2C(C)C. The second-order valence-electron chi connectivity index (χ2n) is 10.3. The van der Waals surface area contributed by atoms with Crippen LogP contribution in [0.5, 0.6) is 0 Å². The molecule has 0 aliphatic carbocycles. The molecule has 184 valence electrons. The summed E-state index contributed by atoms with van der Waals surface area (Å²) < 4.78 is 0. The highest BCUT2D eigenvalue weighted by Crippen LogP contribution is 2.46. The second kappa shape index (κ2) is 9.15. The second-order valence-corrected chi connectivity index (χ2v) is 11.3. The van der Waals surface area contributed by atoms with Gasteiger partial charge in [0, 0.05) is 29.4 Å². The molecule has 35 heavy (non-hydrogen) atoms. The first-order valence-corrected chi connectivity index (χ1v) is 12.6. The number of carbonyl (C=O) groups is 2. The van der Waals surface area contributed by atoms with Crippen LogP contribution in [-0.2, 0) is 11.3 Å². The molecule has 0 saturated carbocycles. The lowest BCUT2D eigenvalue weighted by atomic mass is 9.78. The van der Waals surface area contributed by atoms with Crippen LogP contribution in [-0.4, -0.2) is 32.6 Å². The third-order valence-corrected chi connectivity index (χ3v) is 7.74. The quantitative estimate of drug-likeness (QED) is 0.264. The van der Waals surface area contributed by atoms with Crippen molar-refractivity contribution in [1.82, 2.24) is 4.90 Å². The first-order chi connectivity index (χ1) is 16.4. The smallest absolute Gasteiger partial charge is 0.293 e. The average Bonchev–Trinajstić information content (AvgIpc) is 3.01. The molecule has 0 bridgehead atoms. The highest BCUT2D eigenvalue weighted by atomic mass is 32.2. The zero-order valence-electron chi connectivity index (χ0n) is 21.0. The van der Waals surface area contributed by atoms with Crippen LogP contribution in [0, 0.1) is 17.0 Å². The number of benzene rings is 2. The minimum Gasteiger partial charge on any atom is -0.364 e. The lowest BCUT2D eigenvalue weighted by molar-refractivity contribution is -0.384. The number of hydrogen-bond donors (Lipinski definition) is 0. The first-order valence-electron chi connectivity index (χ1n) is 11.8. The molecule has 1 saturated heterocycles. The molecule has 8 heteroatoms. The van der Waals surface area contributed by atoms with Crippen molar-refractivity contribution in [2.24, 2.45) is 0 Å². The molecule has 2 amide bonds. The van der Waals surface area contributed by atoms with E-state index in [-0.39, 0.29) is 28.9 Å². The van der Waals surface area contributed by atoms with Gasteiger partial charge in [0.1, 0.15) is 0 Å². The van der Waals surface area contributed by atoms with Gasteiger partial charge in [-0.1, -0.05) is 19.1 Å². The van der Waals surface area contributed by atoms with Crippen molar-refractivity contribution < 1.29 is 14.5 Å². The van der Waals surface area contributed by atoms with Crippen molar-refractivity contribution in [3.63, 3.8) is 0 Å². The summed E-state index contributed by atoms with van der Waals surface area (Å²) in [6, 6.07) is 10.6. The molecule has 0 unspecified atom stereocenters. The van der Waals surface area contributed by atoms with E-state index in [2.05, 4.69) is 51.7 Å². The number of nitro groups is 1. The number of nitrogens with zero attached hydrogens (tertiary/aromatic N) is 3. The Hall–Kier alpha value is -3.13. The zero-order valence-corrected chi connectivity index (χ0v) is 21.8. The first kappa shape index (κ1) is 25.0. The summed E-state index contributed by atoms with van der Waals surface area (Å²) in [5.41, 5.74) is 5.19. The fourth-order valence-electron chi connectivity index (χ4n) is 5.43. The van der Waals surface area contributed by atoms with Gasteiger partial charge in [0.05, 0.1) is 16.4 Å². The van der Waals surface area contributed by atoms with E-state index in [0.29, 0.717) is 22.4 Å². The maximum atomic E-state index is 13.1. The van der Waals surface area contributed by atoms with E-state index in [1.54, 1.807) is 12.1 Å². The normalized spacial score (nSPS) is 20.7. The van der Waals surface area contributed by atoms with Gasteiger partial charge >= 0.3 is 0 Å². The Balaban J connectivity index is 1.63. The third-order valence-electron chi connectivity index (χ3n) is 6.83. The summed E-state index contributed by atoms with van der Waals surface area (Å²) in [5, 5.41) is 10.5. The van der Waals surface area contributed by atoms with E-state index < -0.39 is 4.92 Å². The van der Waals surface area contributed by atoms with Gasteiger partial charge in [-0.3, -0.25) is 24.6 Å². The van der Waals surface area contributed by atoms with Crippen molar-refractivity contribution in [1.29, 1.82) is 0 Å². The predicted molar refractivity (Wildman–Crippen MR) is 141 cm³/mol. The van der Waals surface area contributed by atoms with Crippen molar-refractivity contribution in [3.8, 4) is 0 Å². The molecule has 0 N–H and O–H groups in total. The number of imide groups is 1. The van der Waals surface area contributed by atoms with Crippen LogP contribution in [0.1, 0.15) is 69.2 Å². The number of amides is 2. The van der Waals surface area contributed by atoms with Crippen molar-refractivity contribution >= 4 is 40.4 Å². The number of nitro benzene ring substituents is 1. The van der Waals surface area contributed by atoms with Crippen LogP contribution in [0.3, 0.4) is 0 Å². The number of non-ortho nitro benzene ring substituents is 1. The van der Waals surface area contributed by atoms with Crippen LogP contribution in [0.2, 0.25) is 0 Å². The summed E-state index contributed by atoms with van der Waals surface area (Å²) in [6.45, 7) is 13.4. The molecule has 2 aliphatic rings. The molecule has 7 nitrogen and oxygen atoms in total. The van der Waals surface area contributed by atoms with Gasteiger partial charge in [0.15, 0.2) is 0 Å². The number of aryl methyl sites for hydroxylation is 1. The van der Waals surface area contributed by atoms with Gasteiger partial charge in [-0.2, -0.15) is 0 Å². The highest BCUT2D eigenvalue weighted by Gasteiger charge is 2.39. The molecule has 1 fully saturated rings. The van der Waals surface area contributed by atoms with Crippen molar-refractivity contribution in [3.05, 3.63) is 73.7 Å². The van der Waals surface area contributed by atoms with Gasteiger partial charge in [-0.05, 0) is 99.2 Å². The number of anilines is 1. The molecular weight excluding hydrogens is 462 g/mol. The third kappa shape index (κ3) is 4.72. The number of thioether (sulfide) groups is 1. The van der Waals surface area contributed by atoms with E-state index >= 15 is 0 Å². The number of fused-ring (bicyclic) bond motifs is 1. The lowest BCUT2D eigenvalue weighted by Gasteiger charge is -2.50. The highest BCUT2D eigenvalue weighted by molar-refractivity contribution is 8.18. The van der Waals surface area contributed by atoms with Crippen molar-refractivity contribution in [2.45, 2.75) is 72.0 Å².